The van der Waals surface area contributed by atoms with Gasteiger partial charge in [0.25, 0.3) is 0 Å². The minimum absolute atomic E-state index is 0.385. The minimum Gasteiger partial charge on any atom is -0.481 e. The predicted octanol–water partition coefficient (Wildman–Crippen LogP) is -0.0410. The van der Waals surface area contributed by atoms with E-state index < -0.39 is 11.3 Å². The van der Waals surface area contributed by atoms with Crippen molar-refractivity contribution in [1.29, 1.82) is 0 Å². The van der Waals surface area contributed by atoms with Crippen molar-refractivity contribution in [2.24, 2.45) is 0 Å². The van der Waals surface area contributed by atoms with Gasteiger partial charge in [0.15, 0.2) is 0 Å². The third-order valence-corrected chi connectivity index (χ3v) is 1.47. The number of carbonyl (C=O) groups is 1. The molecule has 1 aromatic heterocycles. The zero-order valence-electron chi connectivity index (χ0n) is 7.47. The maximum Gasteiger partial charge on any atom is 0.304 e. The molecule has 0 spiro atoms. The lowest BCUT2D eigenvalue weighted by atomic mass is 9.60. The minimum atomic E-state index is -1.49. The number of carboxylic acids is 1. The van der Waals surface area contributed by atoms with Gasteiger partial charge in [0.05, 0.1) is 22.1 Å². The zero-order valence-corrected chi connectivity index (χ0v) is 7.47. The van der Waals surface area contributed by atoms with Crippen molar-refractivity contribution in [2.75, 3.05) is 5.32 Å². The first-order valence-corrected chi connectivity index (χ1v) is 3.98. The topological polar surface area (TPSA) is 62.2 Å². The molecule has 0 amide bonds. The number of hydrogen-bond acceptors (Lipinski definition) is 3. The standard InChI is InChI=1S/C8H8B2N2O2/c9-8(10,5-7(13)14)12-6-3-1-2-4-11-6/h1-4H,5H2,(H,11,12)(H,13,14). The number of nitrogens with one attached hydrogen (secondary N) is 1. The number of aliphatic carboxylic acids is 1. The van der Waals surface area contributed by atoms with Gasteiger partial charge in [-0.05, 0) is 17.5 Å². The molecule has 0 saturated carbocycles. The summed E-state index contributed by atoms with van der Waals surface area (Å²) in [5, 5.41) is 9.63. The van der Waals surface area contributed by atoms with Crippen LogP contribution in [-0.4, -0.2) is 37.1 Å². The van der Waals surface area contributed by atoms with E-state index in [4.69, 9.17) is 20.8 Å². The Morgan fingerprint density at radius 1 is 1.57 bits per heavy atom. The van der Waals surface area contributed by atoms with E-state index in [-0.39, 0.29) is 6.42 Å². The van der Waals surface area contributed by atoms with Crippen LogP contribution in [0, 0.1) is 0 Å². The van der Waals surface area contributed by atoms with E-state index in [0.29, 0.717) is 5.82 Å². The van der Waals surface area contributed by atoms with E-state index in [9.17, 15) is 4.79 Å². The summed E-state index contributed by atoms with van der Waals surface area (Å²) in [6.45, 7) is 0. The Hall–Kier alpha value is -1.45. The first kappa shape index (κ1) is 10.6. The van der Waals surface area contributed by atoms with E-state index in [0.717, 1.165) is 0 Å². The summed E-state index contributed by atoms with van der Waals surface area (Å²) in [7, 11) is 11.0. The highest BCUT2D eigenvalue weighted by Crippen LogP contribution is 2.09. The van der Waals surface area contributed by atoms with Crippen molar-refractivity contribution in [1.82, 2.24) is 4.98 Å². The van der Waals surface area contributed by atoms with Crippen molar-refractivity contribution in [2.45, 2.75) is 11.8 Å². The Morgan fingerprint density at radius 3 is 2.79 bits per heavy atom. The van der Waals surface area contributed by atoms with Crippen LogP contribution in [0.1, 0.15) is 6.42 Å². The van der Waals surface area contributed by atoms with Gasteiger partial charge in [0.2, 0.25) is 0 Å². The van der Waals surface area contributed by atoms with Crippen molar-refractivity contribution < 1.29 is 9.90 Å². The number of rotatable bonds is 4. The molecule has 0 saturated heterocycles. The number of carboxylic acid groups (broad SMARTS) is 1. The third kappa shape index (κ3) is 3.51. The van der Waals surface area contributed by atoms with Crippen molar-refractivity contribution in [3.8, 4) is 0 Å². The summed E-state index contributed by atoms with van der Waals surface area (Å²) >= 11 is 0. The van der Waals surface area contributed by atoms with Crippen LogP contribution in [0.3, 0.4) is 0 Å². The second kappa shape index (κ2) is 4.17. The molecule has 1 heterocycles. The number of hydrogen-bond donors (Lipinski definition) is 2. The van der Waals surface area contributed by atoms with Crippen molar-refractivity contribution in [3.63, 3.8) is 0 Å². The molecule has 6 heteroatoms. The normalized spacial score (nSPS) is 10.9. The van der Waals surface area contributed by atoms with E-state index in [1.165, 1.54) is 0 Å². The Kier molecular flexibility index (Phi) is 3.17. The second-order valence-electron chi connectivity index (χ2n) is 2.95. The van der Waals surface area contributed by atoms with Crippen molar-refractivity contribution >= 4 is 27.5 Å². The zero-order chi connectivity index (χ0) is 10.6. The number of nitrogens with zero attached hydrogens (tertiary/aromatic N) is 1. The predicted molar refractivity (Wildman–Crippen MR) is 54.4 cm³/mol. The average Bonchev–Trinajstić information content (AvgIpc) is 2.02. The summed E-state index contributed by atoms with van der Waals surface area (Å²) < 4.78 is 0. The average molecular weight is 186 g/mol. The number of aromatic nitrogens is 1. The fraction of sp³-hybridized carbons (Fsp3) is 0.250. The van der Waals surface area contributed by atoms with Gasteiger partial charge in [-0.25, -0.2) is 4.98 Å². The smallest absolute Gasteiger partial charge is 0.304 e. The third-order valence-electron chi connectivity index (χ3n) is 1.47. The van der Waals surface area contributed by atoms with Crippen LogP contribution >= 0.6 is 0 Å². The van der Waals surface area contributed by atoms with Gasteiger partial charge in [0.1, 0.15) is 5.82 Å². The Bertz CT molecular complexity index is 316. The molecule has 0 atom stereocenters. The number of pyridine rings is 1. The fourth-order valence-corrected chi connectivity index (χ4v) is 0.970. The van der Waals surface area contributed by atoms with Gasteiger partial charge < -0.3 is 10.4 Å². The molecular weight excluding hydrogens is 178 g/mol. The maximum atomic E-state index is 10.4. The van der Waals surface area contributed by atoms with E-state index >= 15 is 0 Å². The highest BCUT2D eigenvalue weighted by Gasteiger charge is 2.20. The molecular formula is C8H8B2N2O2. The monoisotopic (exact) mass is 186 g/mol. The molecule has 0 aromatic carbocycles. The summed E-state index contributed by atoms with van der Waals surface area (Å²) in [5.41, 5.74) is 0. The Morgan fingerprint density at radius 2 is 2.29 bits per heavy atom. The summed E-state index contributed by atoms with van der Waals surface area (Å²) in [6.07, 6.45) is 1.17. The molecule has 0 bridgehead atoms. The van der Waals surface area contributed by atoms with Gasteiger partial charge in [-0.2, -0.15) is 0 Å². The molecule has 0 aliphatic rings. The molecule has 14 heavy (non-hydrogen) atoms. The van der Waals surface area contributed by atoms with Crippen molar-refractivity contribution in [3.05, 3.63) is 24.4 Å². The Balaban J connectivity index is 2.63. The molecule has 4 nitrogen and oxygen atoms in total. The van der Waals surface area contributed by atoms with Gasteiger partial charge in [-0.1, -0.05) is 6.07 Å². The van der Waals surface area contributed by atoms with E-state index in [1.807, 2.05) is 0 Å². The molecule has 1 rings (SSSR count). The van der Waals surface area contributed by atoms with Gasteiger partial charge in [-0.15, -0.1) is 0 Å². The molecule has 0 unspecified atom stereocenters. The van der Waals surface area contributed by atoms with Crippen LogP contribution in [0.25, 0.3) is 0 Å². The fourth-order valence-electron chi connectivity index (χ4n) is 0.970. The first-order valence-electron chi connectivity index (χ1n) is 3.98. The van der Waals surface area contributed by atoms with Crippen LogP contribution in [0.15, 0.2) is 24.4 Å². The first-order chi connectivity index (χ1) is 6.49. The van der Waals surface area contributed by atoms with Crippen LogP contribution in [0.5, 0.6) is 0 Å². The lowest BCUT2D eigenvalue weighted by Gasteiger charge is -2.25. The van der Waals surface area contributed by atoms with Gasteiger partial charge in [-0.3, -0.25) is 4.79 Å². The molecule has 68 valence electrons. The van der Waals surface area contributed by atoms with Crippen LogP contribution in [-0.2, 0) is 4.79 Å². The summed E-state index contributed by atoms with van der Waals surface area (Å²) in [4.78, 5) is 14.3. The highest BCUT2D eigenvalue weighted by molar-refractivity contribution is 6.42. The lowest BCUT2D eigenvalue weighted by molar-refractivity contribution is -0.137. The molecule has 0 fully saturated rings. The lowest BCUT2D eigenvalue weighted by Crippen LogP contribution is -2.41. The molecule has 0 aliphatic heterocycles. The largest absolute Gasteiger partial charge is 0.481 e. The van der Waals surface area contributed by atoms with Crippen LogP contribution < -0.4 is 5.32 Å². The molecule has 2 N–H and O–H groups in total. The highest BCUT2D eigenvalue weighted by atomic mass is 16.4. The summed E-state index contributed by atoms with van der Waals surface area (Å²) in [6, 6.07) is 5.12. The quantitative estimate of drug-likeness (QED) is 0.647. The molecule has 1 aromatic rings. The Labute approximate surface area is 84.6 Å². The van der Waals surface area contributed by atoms with E-state index in [1.54, 1.807) is 24.4 Å². The van der Waals surface area contributed by atoms with E-state index in [2.05, 4.69) is 10.3 Å². The van der Waals surface area contributed by atoms with Gasteiger partial charge in [0, 0.05) is 6.20 Å². The molecule has 0 aliphatic carbocycles. The van der Waals surface area contributed by atoms with Crippen LogP contribution in [0.2, 0.25) is 0 Å². The second-order valence-corrected chi connectivity index (χ2v) is 2.95. The van der Waals surface area contributed by atoms with Crippen LogP contribution in [0.4, 0.5) is 5.82 Å². The summed E-state index contributed by atoms with van der Waals surface area (Å²) in [5.74, 6) is -0.628. The maximum absolute atomic E-state index is 10.4. The molecule has 4 radical (unpaired) electrons. The SMILES string of the molecule is [B]C([B])(CC(=O)O)Nc1ccccn1. The number of anilines is 1. The van der Waals surface area contributed by atoms with Gasteiger partial charge >= 0.3 is 5.97 Å².